The third-order valence-electron chi connectivity index (χ3n) is 2.95. The number of hydrogen-bond acceptors (Lipinski definition) is 2. The normalized spacial score (nSPS) is 10.8. The molecule has 0 spiro atoms. The van der Waals surface area contributed by atoms with Gasteiger partial charge in [0.15, 0.2) is 0 Å². The van der Waals surface area contributed by atoms with Crippen LogP contribution in [0.3, 0.4) is 0 Å². The van der Waals surface area contributed by atoms with Gasteiger partial charge < -0.3 is 5.32 Å². The zero-order valence-electron chi connectivity index (χ0n) is 9.99. The van der Waals surface area contributed by atoms with E-state index >= 15 is 0 Å². The van der Waals surface area contributed by atoms with Gasteiger partial charge in [0.2, 0.25) is 0 Å². The monoisotopic (exact) mass is 307 g/mol. The maximum Gasteiger partial charge on any atom is 0.0595 e. The molecule has 0 saturated carbocycles. The van der Waals surface area contributed by atoms with E-state index in [0.29, 0.717) is 10.0 Å². The second kappa shape index (κ2) is 5.41. The van der Waals surface area contributed by atoms with Crippen molar-refractivity contribution < 1.29 is 0 Å². The highest BCUT2D eigenvalue weighted by Gasteiger charge is 2.03. The molecule has 1 heterocycles. The summed E-state index contributed by atoms with van der Waals surface area (Å²) >= 11 is 13.7. The molecule has 0 unspecified atom stereocenters. The molecule has 0 fully saturated rings. The molecule has 4 heteroatoms. The van der Waals surface area contributed by atoms with Crippen molar-refractivity contribution in [3.63, 3.8) is 0 Å². The van der Waals surface area contributed by atoms with Gasteiger partial charge >= 0.3 is 0 Å². The second-order valence-electron chi connectivity index (χ2n) is 4.25. The molecular formula is C15H11Cl2NS. The number of fused-ring (bicyclic) bond motifs is 1. The van der Waals surface area contributed by atoms with E-state index in [0.717, 1.165) is 17.8 Å². The molecule has 1 N–H and O–H groups in total. The molecule has 0 aliphatic rings. The van der Waals surface area contributed by atoms with Crippen LogP contribution in [0.5, 0.6) is 0 Å². The first-order valence-electron chi connectivity index (χ1n) is 5.88. The minimum Gasteiger partial charge on any atom is -0.380 e. The fourth-order valence-electron chi connectivity index (χ4n) is 1.98. The largest absolute Gasteiger partial charge is 0.380 e. The van der Waals surface area contributed by atoms with Crippen molar-refractivity contribution in [1.29, 1.82) is 0 Å². The molecule has 0 saturated heterocycles. The van der Waals surface area contributed by atoms with Crippen molar-refractivity contribution in [2.24, 2.45) is 0 Å². The molecule has 0 radical (unpaired) electrons. The van der Waals surface area contributed by atoms with Gasteiger partial charge in [0.05, 0.1) is 20.4 Å². The zero-order valence-corrected chi connectivity index (χ0v) is 12.3. The zero-order chi connectivity index (χ0) is 13.2. The summed E-state index contributed by atoms with van der Waals surface area (Å²) in [5.74, 6) is 0. The fraction of sp³-hybridized carbons (Fsp3) is 0.0667. The van der Waals surface area contributed by atoms with Crippen LogP contribution in [-0.4, -0.2) is 0 Å². The number of hydrogen-bond donors (Lipinski definition) is 1. The fourth-order valence-corrected chi connectivity index (χ4v) is 3.19. The van der Waals surface area contributed by atoms with Crippen molar-refractivity contribution in [3.8, 4) is 0 Å². The van der Waals surface area contributed by atoms with Crippen LogP contribution < -0.4 is 5.32 Å². The lowest BCUT2D eigenvalue weighted by Crippen LogP contribution is -1.99. The van der Waals surface area contributed by atoms with Crippen LogP contribution in [0.1, 0.15) is 5.56 Å². The van der Waals surface area contributed by atoms with Gasteiger partial charge in [0.25, 0.3) is 0 Å². The van der Waals surface area contributed by atoms with Gasteiger partial charge in [-0.25, -0.2) is 0 Å². The molecule has 0 bridgehead atoms. The van der Waals surface area contributed by atoms with E-state index in [2.05, 4.69) is 35.0 Å². The topological polar surface area (TPSA) is 12.0 Å². The van der Waals surface area contributed by atoms with Crippen LogP contribution in [0.4, 0.5) is 5.69 Å². The molecular weight excluding hydrogens is 297 g/mol. The molecule has 3 aromatic rings. The summed E-state index contributed by atoms with van der Waals surface area (Å²) in [5, 5.41) is 8.00. The minimum absolute atomic E-state index is 0.589. The maximum absolute atomic E-state index is 6.02. The molecule has 0 aliphatic heterocycles. The SMILES string of the molecule is Clc1ccc(CNc2cccc3ccsc23)cc1Cl. The minimum atomic E-state index is 0.589. The van der Waals surface area contributed by atoms with Gasteiger partial charge in [-0.3, -0.25) is 0 Å². The van der Waals surface area contributed by atoms with Crippen LogP contribution in [0.25, 0.3) is 10.1 Å². The average Bonchev–Trinajstić information content (AvgIpc) is 2.89. The Kier molecular flexibility index (Phi) is 3.65. The van der Waals surface area contributed by atoms with Crippen molar-refractivity contribution in [3.05, 3.63) is 63.5 Å². The van der Waals surface area contributed by atoms with Crippen LogP contribution >= 0.6 is 34.5 Å². The summed E-state index contributed by atoms with van der Waals surface area (Å²) in [6.07, 6.45) is 0. The summed E-state index contributed by atoms with van der Waals surface area (Å²) in [7, 11) is 0. The highest BCUT2D eigenvalue weighted by atomic mass is 35.5. The predicted molar refractivity (Wildman–Crippen MR) is 85.6 cm³/mol. The number of benzene rings is 2. The van der Waals surface area contributed by atoms with E-state index < -0.39 is 0 Å². The van der Waals surface area contributed by atoms with Crippen molar-refractivity contribution in [1.82, 2.24) is 0 Å². The second-order valence-corrected chi connectivity index (χ2v) is 5.98. The molecule has 0 atom stereocenters. The van der Waals surface area contributed by atoms with E-state index in [9.17, 15) is 0 Å². The Labute approximate surface area is 125 Å². The van der Waals surface area contributed by atoms with E-state index in [-0.39, 0.29) is 0 Å². The molecule has 1 aromatic heterocycles. The lowest BCUT2D eigenvalue weighted by Gasteiger charge is -2.08. The third-order valence-corrected chi connectivity index (χ3v) is 4.65. The predicted octanol–water partition coefficient (Wildman–Crippen LogP) is 5.82. The number of nitrogens with one attached hydrogen (secondary N) is 1. The number of halogens is 2. The molecule has 2 aromatic carbocycles. The van der Waals surface area contributed by atoms with E-state index in [4.69, 9.17) is 23.2 Å². The number of rotatable bonds is 3. The van der Waals surface area contributed by atoms with E-state index in [1.807, 2.05) is 18.2 Å². The average molecular weight is 308 g/mol. The Morgan fingerprint density at radius 2 is 1.89 bits per heavy atom. The Morgan fingerprint density at radius 1 is 1.00 bits per heavy atom. The molecule has 0 amide bonds. The van der Waals surface area contributed by atoms with Crippen LogP contribution in [0, 0.1) is 0 Å². The first-order chi connectivity index (χ1) is 9.24. The molecule has 0 aliphatic carbocycles. The third kappa shape index (κ3) is 2.71. The van der Waals surface area contributed by atoms with Crippen molar-refractivity contribution in [2.75, 3.05) is 5.32 Å². The summed E-state index contributed by atoms with van der Waals surface area (Å²) in [5.41, 5.74) is 2.27. The van der Waals surface area contributed by atoms with Crippen molar-refractivity contribution in [2.45, 2.75) is 6.54 Å². The Bertz CT molecular complexity index is 721. The lowest BCUT2D eigenvalue weighted by molar-refractivity contribution is 1.16. The first-order valence-corrected chi connectivity index (χ1v) is 7.51. The Balaban J connectivity index is 1.82. The van der Waals surface area contributed by atoms with E-state index in [1.54, 1.807) is 11.3 Å². The Morgan fingerprint density at radius 3 is 2.74 bits per heavy atom. The van der Waals surface area contributed by atoms with Crippen molar-refractivity contribution >= 4 is 50.3 Å². The standard InChI is InChI=1S/C15H11Cl2NS/c16-12-5-4-10(8-13(12)17)9-18-14-3-1-2-11-6-7-19-15(11)14/h1-8,18H,9H2. The quantitative estimate of drug-likeness (QED) is 0.643. The van der Waals surface area contributed by atoms with Gasteiger partial charge in [-0.05, 0) is 40.6 Å². The number of thiophene rings is 1. The molecule has 96 valence electrons. The van der Waals surface area contributed by atoms with Gasteiger partial charge in [0.1, 0.15) is 0 Å². The number of anilines is 1. The molecule has 19 heavy (non-hydrogen) atoms. The first kappa shape index (κ1) is 12.8. The van der Waals surface area contributed by atoms with Crippen LogP contribution in [-0.2, 0) is 6.54 Å². The highest BCUT2D eigenvalue weighted by Crippen LogP contribution is 2.29. The molecule has 1 nitrogen and oxygen atoms in total. The van der Waals surface area contributed by atoms with Gasteiger partial charge in [0, 0.05) is 6.54 Å². The summed E-state index contributed by atoms with van der Waals surface area (Å²) < 4.78 is 1.28. The van der Waals surface area contributed by atoms with Crippen LogP contribution in [0.2, 0.25) is 10.0 Å². The lowest BCUT2D eigenvalue weighted by atomic mass is 10.2. The van der Waals surface area contributed by atoms with Gasteiger partial charge in [-0.2, -0.15) is 0 Å². The maximum atomic E-state index is 6.02. The Hall–Kier alpha value is -1.22. The van der Waals surface area contributed by atoms with Crippen LogP contribution in [0.15, 0.2) is 47.8 Å². The van der Waals surface area contributed by atoms with Gasteiger partial charge in [-0.1, -0.05) is 41.4 Å². The van der Waals surface area contributed by atoms with E-state index in [1.165, 1.54) is 10.1 Å². The smallest absolute Gasteiger partial charge is 0.0595 e. The van der Waals surface area contributed by atoms with Gasteiger partial charge in [-0.15, -0.1) is 11.3 Å². The summed E-state index contributed by atoms with van der Waals surface area (Å²) in [6.45, 7) is 0.730. The highest BCUT2D eigenvalue weighted by molar-refractivity contribution is 7.17. The molecule has 3 rings (SSSR count). The summed E-state index contributed by atoms with van der Waals surface area (Å²) in [6, 6.07) is 14.1. The summed E-state index contributed by atoms with van der Waals surface area (Å²) in [4.78, 5) is 0.